The Morgan fingerprint density at radius 1 is 1.00 bits per heavy atom. The van der Waals surface area contributed by atoms with Crippen LogP contribution in [0.15, 0.2) is 65.7 Å². The van der Waals surface area contributed by atoms with Crippen molar-refractivity contribution in [2.24, 2.45) is 0 Å². The van der Waals surface area contributed by atoms with E-state index in [-0.39, 0.29) is 12.5 Å². The number of nitrogens with zero attached hydrogens (tertiary/aromatic N) is 3. The number of hydrogen-bond donors (Lipinski definition) is 0. The lowest BCUT2D eigenvalue weighted by atomic mass is 10.00. The number of hydrogen-bond acceptors (Lipinski definition) is 4. The zero-order valence-electron chi connectivity index (χ0n) is 19.2. The molecule has 0 N–H and O–H groups in total. The first kappa shape index (κ1) is 22.2. The molecule has 0 radical (unpaired) electrons. The molecule has 3 aromatic rings. The Hall–Kier alpha value is -3.58. The third kappa shape index (κ3) is 4.19. The lowest BCUT2D eigenvalue weighted by molar-refractivity contribution is -0.136. The van der Waals surface area contributed by atoms with E-state index in [1.807, 2.05) is 47.2 Å². The zero-order chi connectivity index (χ0) is 23.8. The monoisotopic (exact) mass is 471 g/mol. The summed E-state index contributed by atoms with van der Waals surface area (Å²) in [4.78, 5) is 41.7. The molecule has 2 aromatic carbocycles. The molecular weight excluding hydrogens is 446 g/mol. The van der Waals surface area contributed by atoms with Gasteiger partial charge in [0, 0.05) is 30.7 Å². The highest BCUT2D eigenvalue weighted by molar-refractivity contribution is 8.18. The second kappa shape index (κ2) is 8.99. The first-order chi connectivity index (χ1) is 16.4. The third-order valence-corrected chi connectivity index (χ3v) is 7.39. The quantitative estimate of drug-likeness (QED) is 0.517. The van der Waals surface area contributed by atoms with Crippen molar-refractivity contribution in [2.45, 2.75) is 26.8 Å². The summed E-state index contributed by atoms with van der Waals surface area (Å²) in [5.74, 6) is -0.634. The minimum Gasteiger partial charge on any atom is -0.336 e. The van der Waals surface area contributed by atoms with Crippen LogP contribution in [0.25, 0.3) is 11.8 Å². The standard InChI is InChI=1S/C27H25N3O3S/c1-18-9-10-23(14-19(18)2)29-12-5-8-22(29)15-24-26(32)30(27(33)34-24)17-25(31)28-13-11-20-6-3-4-7-21(20)16-28/h3-10,12,14-15H,11,13,16-17H2,1-2H3/b24-15-. The van der Waals surface area contributed by atoms with Crippen LogP contribution in [0.4, 0.5) is 4.79 Å². The molecule has 3 heterocycles. The molecular formula is C27H25N3O3S. The van der Waals surface area contributed by atoms with Gasteiger partial charge in [-0.15, -0.1) is 0 Å². The van der Waals surface area contributed by atoms with Crippen LogP contribution in [0.3, 0.4) is 0 Å². The minimum absolute atomic E-state index is 0.212. The van der Waals surface area contributed by atoms with Crippen LogP contribution in [0.2, 0.25) is 0 Å². The number of imide groups is 1. The van der Waals surface area contributed by atoms with Gasteiger partial charge in [-0.2, -0.15) is 0 Å². The fraction of sp³-hybridized carbons (Fsp3) is 0.222. The number of benzene rings is 2. The summed E-state index contributed by atoms with van der Waals surface area (Å²) in [6.45, 7) is 4.99. The number of carbonyl (C=O) groups is 3. The van der Waals surface area contributed by atoms with Crippen LogP contribution in [-0.4, -0.2) is 44.5 Å². The van der Waals surface area contributed by atoms with Crippen LogP contribution < -0.4 is 0 Å². The predicted molar refractivity (Wildman–Crippen MR) is 133 cm³/mol. The van der Waals surface area contributed by atoms with E-state index in [1.165, 1.54) is 16.7 Å². The summed E-state index contributed by atoms with van der Waals surface area (Å²) in [6, 6.07) is 18.0. The molecule has 3 amide bonds. The summed E-state index contributed by atoms with van der Waals surface area (Å²) in [5.41, 5.74) is 6.53. The van der Waals surface area contributed by atoms with Gasteiger partial charge in [0.05, 0.1) is 4.91 Å². The van der Waals surface area contributed by atoms with E-state index < -0.39 is 11.1 Å². The Kier molecular flexibility index (Phi) is 5.87. The second-order valence-electron chi connectivity index (χ2n) is 8.67. The van der Waals surface area contributed by atoms with E-state index in [0.717, 1.165) is 40.0 Å². The zero-order valence-corrected chi connectivity index (χ0v) is 20.0. The second-order valence-corrected chi connectivity index (χ2v) is 9.67. The van der Waals surface area contributed by atoms with E-state index in [2.05, 4.69) is 32.0 Å². The van der Waals surface area contributed by atoms with Gasteiger partial charge >= 0.3 is 0 Å². The summed E-state index contributed by atoms with van der Waals surface area (Å²) in [6.07, 6.45) is 4.43. The lowest BCUT2D eigenvalue weighted by Crippen LogP contribution is -2.44. The van der Waals surface area contributed by atoms with Crippen molar-refractivity contribution in [3.63, 3.8) is 0 Å². The van der Waals surface area contributed by atoms with Crippen molar-refractivity contribution in [1.29, 1.82) is 0 Å². The molecule has 172 valence electrons. The molecule has 0 atom stereocenters. The Bertz CT molecular complexity index is 1340. The van der Waals surface area contributed by atoms with E-state index in [1.54, 1.807) is 11.0 Å². The minimum atomic E-state index is -0.423. The fourth-order valence-electron chi connectivity index (χ4n) is 4.34. The van der Waals surface area contributed by atoms with E-state index in [0.29, 0.717) is 18.0 Å². The van der Waals surface area contributed by atoms with Gasteiger partial charge in [-0.3, -0.25) is 19.3 Å². The SMILES string of the molecule is Cc1ccc(-n2cccc2/C=C2\SC(=O)N(CC(=O)N3CCc4ccccc4C3)C2=O)cc1C. The van der Waals surface area contributed by atoms with Crippen molar-refractivity contribution in [1.82, 2.24) is 14.4 Å². The van der Waals surface area contributed by atoms with Gasteiger partial charge in [-0.05, 0) is 84.6 Å². The van der Waals surface area contributed by atoms with Crippen LogP contribution in [0.1, 0.15) is 27.9 Å². The Balaban J connectivity index is 1.32. The molecule has 5 rings (SSSR count). The lowest BCUT2D eigenvalue weighted by Gasteiger charge is -2.29. The molecule has 6 nitrogen and oxygen atoms in total. The highest BCUT2D eigenvalue weighted by Gasteiger charge is 2.37. The van der Waals surface area contributed by atoms with Gasteiger partial charge in [0.2, 0.25) is 5.91 Å². The first-order valence-corrected chi connectivity index (χ1v) is 12.1. The summed E-state index contributed by atoms with van der Waals surface area (Å²) < 4.78 is 1.98. The molecule has 2 aliphatic rings. The van der Waals surface area contributed by atoms with E-state index in [9.17, 15) is 14.4 Å². The molecule has 34 heavy (non-hydrogen) atoms. The fourth-order valence-corrected chi connectivity index (χ4v) is 5.16. The molecule has 1 aromatic heterocycles. The molecule has 2 aliphatic heterocycles. The summed E-state index contributed by atoms with van der Waals surface area (Å²) in [5, 5.41) is -0.411. The predicted octanol–water partition coefficient (Wildman–Crippen LogP) is 4.72. The first-order valence-electron chi connectivity index (χ1n) is 11.3. The van der Waals surface area contributed by atoms with Gasteiger partial charge in [-0.1, -0.05) is 30.3 Å². The van der Waals surface area contributed by atoms with Crippen molar-refractivity contribution >= 4 is 34.9 Å². The average Bonchev–Trinajstić information content (AvgIpc) is 3.40. The molecule has 0 aliphatic carbocycles. The molecule has 0 unspecified atom stereocenters. The van der Waals surface area contributed by atoms with Crippen molar-refractivity contribution in [2.75, 3.05) is 13.1 Å². The summed E-state index contributed by atoms with van der Waals surface area (Å²) >= 11 is 0.881. The largest absolute Gasteiger partial charge is 0.336 e. The van der Waals surface area contributed by atoms with Crippen molar-refractivity contribution in [3.8, 4) is 5.69 Å². The van der Waals surface area contributed by atoms with Gasteiger partial charge < -0.3 is 9.47 Å². The number of carbonyl (C=O) groups excluding carboxylic acids is 3. The smallest absolute Gasteiger partial charge is 0.294 e. The van der Waals surface area contributed by atoms with Gasteiger partial charge in [0.1, 0.15) is 6.54 Å². The van der Waals surface area contributed by atoms with Crippen molar-refractivity contribution in [3.05, 3.63) is 93.6 Å². The number of thioether (sulfide) groups is 1. The molecule has 0 saturated carbocycles. The molecule has 1 saturated heterocycles. The Labute approximate surface area is 202 Å². The molecule has 0 bridgehead atoms. The van der Waals surface area contributed by atoms with Crippen molar-refractivity contribution < 1.29 is 14.4 Å². The van der Waals surface area contributed by atoms with Crippen LogP contribution in [0, 0.1) is 13.8 Å². The topological polar surface area (TPSA) is 62.6 Å². The molecule has 1 fully saturated rings. The van der Waals surface area contributed by atoms with Gasteiger partial charge in [0.15, 0.2) is 0 Å². The number of rotatable bonds is 4. The van der Waals surface area contributed by atoms with Gasteiger partial charge in [0.25, 0.3) is 11.1 Å². The van der Waals surface area contributed by atoms with Crippen LogP contribution in [0.5, 0.6) is 0 Å². The van der Waals surface area contributed by atoms with E-state index >= 15 is 0 Å². The number of amides is 3. The Morgan fingerprint density at radius 2 is 1.79 bits per heavy atom. The number of fused-ring (bicyclic) bond motifs is 1. The maximum absolute atomic E-state index is 13.0. The number of aromatic nitrogens is 1. The van der Waals surface area contributed by atoms with Crippen LogP contribution >= 0.6 is 11.8 Å². The van der Waals surface area contributed by atoms with Gasteiger partial charge in [-0.25, -0.2) is 0 Å². The normalized spacial score (nSPS) is 16.9. The summed E-state index contributed by atoms with van der Waals surface area (Å²) in [7, 11) is 0. The maximum atomic E-state index is 13.0. The average molecular weight is 472 g/mol. The van der Waals surface area contributed by atoms with Crippen LogP contribution in [-0.2, 0) is 22.6 Å². The molecule has 7 heteroatoms. The molecule has 0 spiro atoms. The Morgan fingerprint density at radius 3 is 2.59 bits per heavy atom. The third-order valence-electron chi connectivity index (χ3n) is 6.48. The highest BCUT2D eigenvalue weighted by atomic mass is 32.2. The van der Waals surface area contributed by atoms with E-state index in [4.69, 9.17) is 0 Å². The maximum Gasteiger partial charge on any atom is 0.294 e. The highest BCUT2D eigenvalue weighted by Crippen LogP contribution is 2.33. The number of aryl methyl sites for hydroxylation is 2.